The lowest BCUT2D eigenvalue weighted by Gasteiger charge is -2.12. The summed E-state index contributed by atoms with van der Waals surface area (Å²) < 4.78 is 30.9. The van der Waals surface area contributed by atoms with E-state index in [1.807, 2.05) is 0 Å². The van der Waals surface area contributed by atoms with Crippen LogP contribution in [0.1, 0.15) is 25.3 Å². The van der Waals surface area contributed by atoms with E-state index in [0.29, 0.717) is 25.3 Å². The second-order valence-electron chi connectivity index (χ2n) is 4.46. The van der Waals surface area contributed by atoms with Crippen molar-refractivity contribution in [2.75, 3.05) is 19.8 Å². The molecule has 1 unspecified atom stereocenters. The third kappa shape index (κ3) is 6.61. The first-order valence-electron chi connectivity index (χ1n) is 6.54. The van der Waals surface area contributed by atoms with Gasteiger partial charge in [0.05, 0.1) is 12.7 Å². The van der Waals surface area contributed by atoms with Crippen molar-refractivity contribution in [3.63, 3.8) is 0 Å². The van der Waals surface area contributed by atoms with Crippen molar-refractivity contribution in [2.45, 2.75) is 32.4 Å². The molecule has 0 aliphatic rings. The molecular formula is C14H21F2NO2. The molecule has 0 aliphatic carbocycles. The van der Waals surface area contributed by atoms with Crippen LogP contribution in [0.25, 0.3) is 0 Å². The number of benzene rings is 1. The lowest BCUT2D eigenvalue weighted by molar-refractivity contribution is 0.0358. The molecule has 0 aliphatic heterocycles. The number of halogens is 2. The van der Waals surface area contributed by atoms with Crippen LogP contribution in [-0.2, 0) is 11.3 Å². The van der Waals surface area contributed by atoms with E-state index in [4.69, 9.17) is 4.74 Å². The summed E-state index contributed by atoms with van der Waals surface area (Å²) in [7, 11) is 0. The van der Waals surface area contributed by atoms with Gasteiger partial charge in [0.15, 0.2) is 11.6 Å². The van der Waals surface area contributed by atoms with Crippen LogP contribution in [0.4, 0.5) is 8.78 Å². The Kier molecular flexibility index (Phi) is 7.55. The molecule has 0 saturated heterocycles. The van der Waals surface area contributed by atoms with Crippen molar-refractivity contribution in [2.24, 2.45) is 0 Å². The van der Waals surface area contributed by atoms with Crippen LogP contribution in [0.3, 0.4) is 0 Å². The number of ether oxygens (including phenoxy) is 1. The average molecular weight is 273 g/mol. The first-order chi connectivity index (χ1) is 9.13. The summed E-state index contributed by atoms with van der Waals surface area (Å²) in [6.07, 6.45) is 1.45. The molecule has 1 rings (SSSR count). The van der Waals surface area contributed by atoms with E-state index in [9.17, 15) is 13.9 Å². The predicted molar refractivity (Wildman–Crippen MR) is 69.8 cm³/mol. The highest BCUT2D eigenvalue weighted by Gasteiger charge is 2.05. The van der Waals surface area contributed by atoms with Crippen LogP contribution >= 0.6 is 0 Å². The standard InChI is InChI=1S/C14H21F2NO2/c1-2-3-6-19-10-12(18)9-17-8-11-4-5-13(15)14(16)7-11/h4-5,7,12,17-18H,2-3,6,8-10H2,1H3. The summed E-state index contributed by atoms with van der Waals surface area (Å²) in [5, 5.41) is 12.6. The lowest BCUT2D eigenvalue weighted by Crippen LogP contribution is -2.30. The van der Waals surface area contributed by atoms with Crippen LogP contribution in [0.15, 0.2) is 18.2 Å². The van der Waals surface area contributed by atoms with Crippen molar-refractivity contribution < 1.29 is 18.6 Å². The minimum Gasteiger partial charge on any atom is -0.389 e. The van der Waals surface area contributed by atoms with E-state index in [-0.39, 0.29) is 6.61 Å². The largest absolute Gasteiger partial charge is 0.389 e. The summed E-state index contributed by atoms with van der Waals surface area (Å²) in [6, 6.07) is 3.75. The maximum Gasteiger partial charge on any atom is 0.159 e. The quantitative estimate of drug-likeness (QED) is 0.678. The van der Waals surface area contributed by atoms with Crippen LogP contribution in [-0.4, -0.2) is 31.0 Å². The Morgan fingerprint density at radius 1 is 1.32 bits per heavy atom. The maximum atomic E-state index is 12.9. The molecule has 2 N–H and O–H groups in total. The Hall–Kier alpha value is -1.04. The highest BCUT2D eigenvalue weighted by molar-refractivity contribution is 5.17. The molecule has 0 bridgehead atoms. The second kappa shape index (κ2) is 8.96. The molecule has 0 heterocycles. The zero-order valence-electron chi connectivity index (χ0n) is 11.2. The number of aliphatic hydroxyl groups is 1. The molecule has 0 radical (unpaired) electrons. The third-order valence-electron chi connectivity index (χ3n) is 2.65. The number of rotatable bonds is 9. The maximum absolute atomic E-state index is 12.9. The first-order valence-corrected chi connectivity index (χ1v) is 6.54. The minimum absolute atomic E-state index is 0.283. The molecule has 1 aromatic carbocycles. The van der Waals surface area contributed by atoms with Gasteiger partial charge in [0.2, 0.25) is 0 Å². The van der Waals surface area contributed by atoms with Crippen molar-refractivity contribution in [3.8, 4) is 0 Å². The highest BCUT2D eigenvalue weighted by atomic mass is 19.2. The van der Waals surface area contributed by atoms with Gasteiger partial charge in [-0.05, 0) is 24.1 Å². The molecule has 0 spiro atoms. The van der Waals surface area contributed by atoms with E-state index in [0.717, 1.165) is 25.0 Å². The van der Waals surface area contributed by atoms with Gasteiger partial charge in [-0.25, -0.2) is 8.78 Å². The fourth-order valence-corrected chi connectivity index (χ4v) is 1.56. The Morgan fingerprint density at radius 3 is 2.79 bits per heavy atom. The molecule has 1 atom stereocenters. The lowest BCUT2D eigenvalue weighted by atomic mass is 10.2. The Morgan fingerprint density at radius 2 is 2.11 bits per heavy atom. The number of nitrogens with one attached hydrogen (secondary N) is 1. The fraction of sp³-hybridized carbons (Fsp3) is 0.571. The van der Waals surface area contributed by atoms with E-state index >= 15 is 0 Å². The molecule has 1 aromatic rings. The Balaban J connectivity index is 2.17. The predicted octanol–water partition coefficient (Wildman–Crippen LogP) is 2.23. The number of hydrogen-bond donors (Lipinski definition) is 2. The van der Waals surface area contributed by atoms with Gasteiger partial charge in [0.1, 0.15) is 0 Å². The number of aliphatic hydroxyl groups excluding tert-OH is 1. The van der Waals surface area contributed by atoms with Gasteiger partial charge in [0.25, 0.3) is 0 Å². The molecule has 3 nitrogen and oxygen atoms in total. The van der Waals surface area contributed by atoms with Gasteiger partial charge < -0.3 is 15.2 Å². The van der Waals surface area contributed by atoms with E-state index in [1.54, 1.807) is 0 Å². The molecular weight excluding hydrogens is 252 g/mol. The van der Waals surface area contributed by atoms with Gasteiger partial charge >= 0.3 is 0 Å². The summed E-state index contributed by atoms with van der Waals surface area (Å²) in [5.41, 5.74) is 0.637. The van der Waals surface area contributed by atoms with Crippen molar-refractivity contribution in [1.29, 1.82) is 0 Å². The Bertz CT molecular complexity index is 374. The zero-order chi connectivity index (χ0) is 14.1. The molecule has 5 heteroatoms. The molecule has 0 saturated carbocycles. The third-order valence-corrected chi connectivity index (χ3v) is 2.65. The molecule has 108 valence electrons. The van der Waals surface area contributed by atoms with Gasteiger partial charge in [-0.2, -0.15) is 0 Å². The summed E-state index contributed by atoms with van der Waals surface area (Å²) in [6.45, 7) is 3.74. The molecule has 0 fully saturated rings. The molecule has 0 aromatic heterocycles. The van der Waals surface area contributed by atoms with Crippen LogP contribution in [0, 0.1) is 11.6 Å². The number of hydrogen-bond acceptors (Lipinski definition) is 3. The van der Waals surface area contributed by atoms with Crippen molar-refractivity contribution in [1.82, 2.24) is 5.32 Å². The van der Waals surface area contributed by atoms with Crippen LogP contribution in [0.5, 0.6) is 0 Å². The average Bonchev–Trinajstić information content (AvgIpc) is 2.39. The van der Waals surface area contributed by atoms with Gasteiger partial charge in [-0.1, -0.05) is 19.4 Å². The van der Waals surface area contributed by atoms with Crippen LogP contribution < -0.4 is 5.32 Å². The van der Waals surface area contributed by atoms with Gasteiger partial charge in [-0.3, -0.25) is 0 Å². The van der Waals surface area contributed by atoms with Gasteiger partial charge in [-0.15, -0.1) is 0 Å². The molecule has 0 amide bonds. The minimum atomic E-state index is -0.859. The highest BCUT2D eigenvalue weighted by Crippen LogP contribution is 2.08. The van der Waals surface area contributed by atoms with E-state index in [2.05, 4.69) is 12.2 Å². The summed E-state index contributed by atoms with van der Waals surface area (Å²) in [5.74, 6) is -1.71. The topological polar surface area (TPSA) is 41.5 Å². The van der Waals surface area contributed by atoms with Crippen LogP contribution in [0.2, 0.25) is 0 Å². The SMILES string of the molecule is CCCCOCC(O)CNCc1ccc(F)c(F)c1. The second-order valence-corrected chi connectivity index (χ2v) is 4.46. The molecule has 19 heavy (non-hydrogen) atoms. The fourth-order valence-electron chi connectivity index (χ4n) is 1.56. The Labute approximate surface area is 112 Å². The van der Waals surface area contributed by atoms with Crippen molar-refractivity contribution >= 4 is 0 Å². The van der Waals surface area contributed by atoms with Crippen molar-refractivity contribution in [3.05, 3.63) is 35.4 Å². The summed E-state index contributed by atoms with van der Waals surface area (Å²) >= 11 is 0. The summed E-state index contributed by atoms with van der Waals surface area (Å²) in [4.78, 5) is 0. The first kappa shape index (κ1) is 16.0. The normalized spacial score (nSPS) is 12.6. The van der Waals surface area contributed by atoms with E-state index < -0.39 is 17.7 Å². The monoisotopic (exact) mass is 273 g/mol. The van der Waals surface area contributed by atoms with E-state index in [1.165, 1.54) is 6.07 Å². The smallest absolute Gasteiger partial charge is 0.159 e. The van der Waals surface area contributed by atoms with Gasteiger partial charge in [0, 0.05) is 19.7 Å². The zero-order valence-corrected chi connectivity index (χ0v) is 11.2. The number of unbranched alkanes of at least 4 members (excludes halogenated alkanes) is 1.